The van der Waals surface area contributed by atoms with Gasteiger partial charge in [0.2, 0.25) is 5.91 Å². The van der Waals surface area contributed by atoms with E-state index in [-0.39, 0.29) is 24.3 Å². The number of imide groups is 1. The molecule has 1 aliphatic heterocycles. The summed E-state index contributed by atoms with van der Waals surface area (Å²) < 4.78 is 1.89. The molecule has 0 N–H and O–H groups in total. The van der Waals surface area contributed by atoms with Crippen molar-refractivity contribution in [2.45, 2.75) is 12.5 Å². The number of para-hydroxylation sites is 1. The number of hydrogen-bond acceptors (Lipinski definition) is 2. The molecule has 1 unspecified atom stereocenters. The van der Waals surface area contributed by atoms with Gasteiger partial charge in [0.15, 0.2) is 0 Å². The number of nitrogens with zero attached hydrogens (tertiary/aromatic N) is 2. The van der Waals surface area contributed by atoms with Crippen LogP contribution in [-0.2, 0) is 9.59 Å². The number of likely N-dealkylation sites (tertiary alicyclic amines) is 1. The van der Waals surface area contributed by atoms with Gasteiger partial charge in [-0.2, -0.15) is 0 Å². The summed E-state index contributed by atoms with van der Waals surface area (Å²) in [6.07, 6.45) is 2.13. The average Bonchev–Trinajstić information content (AvgIpc) is 2.86. The van der Waals surface area contributed by atoms with Gasteiger partial charge in [-0.3, -0.25) is 14.5 Å². The van der Waals surface area contributed by atoms with E-state index in [2.05, 4.69) is 0 Å². The van der Waals surface area contributed by atoms with Gasteiger partial charge in [-0.05, 0) is 17.5 Å². The highest BCUT2D eigenvalue weighted by Gasteiger charge is 2.37. The van der Waals surface area contributed by atoms with E-state index in [1.807, 2.05) is 41.1 Å². The number of likely N-dealkylation sites (N-methyl/N-ethyl adjacent to an activating group) is 1. The molecule has 4 nitrogen and oxygen atoms in total. The highest BCUT2D eigenvalue weighted by Crippen LogP contribution is 2.27. The molecule has 2 amide bonds. The summed E-state index contributed by atoms with van der Waals surface area (Å²) >= 11 is 0. The van der Waals surface area contributed by atoms with Gasteiger partial charge in [0.1, 0.15) is 6.04 Å². The van der Waals surface area contributed by atoms with Crippen LogP contribution in [0.1, 0.15) is 12.5 Å². The summed E-state index contributed by atoms with van der Waals surface area (Å²) in [5, 5.41) is 1.09. The molecule has 0 saturated carbocycles. The van der Waals surface area contributed by atoms with Crippen molar-refractivity contribution < 1.29 is 9.59 Å². The number of carbonyl (C=O) groups excluding carboxylic acids is 2. The van der Waals surface area contributed by atoms with Gasteiger partial charge >= 0.3 is 0 Å². The van der Waals surface area contributed by atoms with Crippen molar-refractivity contribution in [2.75, 3.05) is 7.05 Å². The minimum absolute atomic E-state index is 0.113. The summed E-state index contributed by atoms with van der Waals surface area (Å²) in [5.41, 5.74) is 0.994. The lowest BCUT2D eigenvalue weighted by Crippen LogP contribution is -2.26. The van der Waals surface area contributed by atoms with E-state index in [1.165, 1.54) is 11.9 Å². The molecule has 86 valence electrons. The number of benzene rings is 1. The van der Waals surface area contributed by atoms with E-state index in [0.29, 0.717) is 0 Å². The third kappa shape index (κ3) is 1.37. The molecule has 4 heteroatoms. The number of amides is 2. The quantitative estimate of drug-likeness (QED) is 0.695. The summed E-state index contributed by atoms with van der Waals surface area (Å²) in [4.78, 5) is 24.7. The maximum absolute atomic E-state index is 11.9. The highest BCUT2D eigenvalue weighted by molar-refractivity contribution is 6.04. The van der Waals surface area contributed by atoms with E-state index in [1.54, 1.807) is 0 Å². The van der Waals surface area contributed by atoms with Gasteiger partial charge in [0.05, 0.1) is 6.42 Å². The summed E-state index contributed by atoms with van der Waals surface area (Å²) in [5.74, 6) is -0.242. The second-order valence-electron chi connectivity index (χ2n) is 4.29. The Morgan fingerprint density at radius 1 is 1.18 bits per heavy atom. The van der Waals surface area contributed by atoms with E-state index >= 15 is 0 Å². The second kappa shape index (κ2) is 3.45. The molecule has 0 bridgehead atoms. The normalized spacial score (nSPS) is 20.5. The van der Waals surface area contributed by atoms with Crippen LogP contribution in [0.25, 0.3) is 10.9 Å². The highest BCUT2D eigenvalue weighted by atomic mass is 16.2. The molecule has 1 aromatic carbocycles. The maximum atomic E-state index is 11.9. The predicted octanol–water partition coefficient (Wildman–Crippen LogP) is 1.57. The first-order valence-corrected chi connectivity index (χ1v) is 5.54. The van der Waals surface area contributed by atoms with Crippen molar-refractivity contribution in [1.82, 2.24) is 9.47 Å². The van der Waals surface area contributed by atoms with E-state index in [0.717, 1.165) is 10.9 Å². The molecule has 1 aromatic heterocycles. The number of rotatable bonds is 1. The molecule has 1 atom stereocenters. The molecule has 0 radical (unpaired) electrons. The van der Waals surface area contributed by atoms with Gasteiger partial charge in [-0.1, -0.05) is 18.2 Å². The van der Waals surface area contributed by atoms with Gasteiger partial charge < -0.3 is 4.57 Å². The van der Waals surface area contributed by atoms with Crippen LogP contribution in [0.15, 0.2) is 36.5 Å². The number of aromatic nitrogens is 1. The van der Waals surface area contributed by atoms with Crippen LogP contribution < -0.4 is 0 Å². The lowest BCUT2D eigenvalue weighted by atomic mass is 10.2. The van der Waals surface area contributed by atoms with Crippen LogP contribution >= 0.6 is 0 Å². The standard InChI is InChI=1S/C13H12N2O2/c1-14-12(16)8-11(13(14)17)15-7-6-9-4-2-3-5-10(9)15/h2-7,11H,8H2,1H3. The molecule has 2 heterocycles. The Morgan fingerprint density at radius 3 is 2.65 bits per heavy atom. The van der Waals surface area contributed by atoms with Crippen LogP contribution in [-0.4, -0.2) is 28.3 Å². The van der Waals surface area contributed by atoms with Gasteiger partial charge in [-0.25, -0.2) is 0 Å². The Hall–Kier alpha value is -2.10. The maximum Gasteiger partial charge on any atom is 0.252 e. The third-order valence-corrected chi connectivity index (χ3v) is 3.32. The van der Waals surface area contributed by atoms with Crippen LogP contribution in [0.2, 0.25) is 0 Å². The number of fused-ring (bicyclic) bond motifs is 1. The first kappa shape index (κ1) is 10.1. The van der Waals surface area contributed by atoms with E-state index < -0.39 is 0 Å². The van der Waals surface area contributed by atoms with Crippen LogP contribution in [0.4, 0.5) is 0 Å². The molecule has 0 spiro atoms. The lowest BCUT2D eigenvalue weighted by molar-refractivity contribution is -0.137. The predicted molar refractivity (Wildman–Crippen MR) is 63.4 cm³/mol. The fourth-order valence-electron chi connectivity index (χ4n) is 2.33. The first-order valence-electron chi connectivity index (χ1n) is 5.54. The van der Waals surface area contributed by atoms with Crippen molar-refractivity contribution in [3.63, 3.8) is 0 Å². The molecule has 2 aromatic rings. The minimum atomic E-state index is -0.382. The molecule has 1 aliphatic rings. The molecule has 17 heavy (non-hydrogen) atoms. The largest absolute Gasteiger partial charge is 0.334 e. The Bertz CT molecular complexity index is 615. The van der Waals surface area contributed by atoms with E-state index in [4.69, 9.17) is 0 Å². The van der Waals surface area contributed by atoms with Gasteiger partial charge in [0.25, 0.3) is 5.91 Å². The summed E-state index contributed by atoms with van der Waals surface area (Å²) in [6, 6.07) is 9.44. The number of hydrogen-bond donors (Lipinski definition) is 0. The van der Waals surface area contributed by atoms with Crippen molar-refractivity contribution in [2.24, 2.45) is 0 Å². The Labute approximate surface area is 98.4 Å². The zero-order valence-corrected chi connectivity index (χ0v) is 9.46. The number of carbonyl (C=O) groups is 2. The van der Waals surface area contributed by atoms with Crippen molar-refractivity contribution in [1.29, 1.82) is 0 Å². The summed E-state index contributed by atoms with van der Waals surface area (Å²) in [7, 11) is 1.54. The topological polar surface area (TPSA) is 42.3 Å². The average molecular weight is 228 g/mol. The minimum Gasteiger partial charge on any atom is -0.334 e. The zero-order valence-electron chi connectivity index (χ0n) is 9.46. The van der Waals surface area contributed by atoms with Crippen molar-refractivity contribution >= 4 is 22.7 Å². The van der Waals surface area contributed by atoms with Gasteiger partial charge in [-0.15, -0.1) is 0 Å². The first-order chi connectivity index (χ1) is 8.18. The van der Waals surface area contributed by atoms with E-state index in [9.17, 15) is 9.59 Å². The molecule has 1 fully saturated rings. The molecular weight excluding hydrogens is 216 g/mol. The smallest absolute Gasteiger partial charge is 0.252 e. The lowest BCUT2D eigenvalue weighted by Gasteiger charge is -2.12. The van der Waals surface area contributed by atoms with Crippen LogP contribution in [0.5, 0.6) is 0 Å². The Morgan fingerprint density at radius 2 is 1.94 bits per heavy atom. The molecule has 0 aliphatic carbocycles. The van der Waals surface area contributed by atoms with Crippen LogP contribution in [0, 0.1) is 0 Å². The van der Waals surface area contributed by atoms with Crippen molar-refractivity contribution in [3.05, 3.63) is 36.5 Å². The molecule has 1 saturated heterocycles. The fraction of sp³-hybridized carbons (Fsp3) is 0.231. The second-order valence-corrected chi connectivity index (χ2v) is 4.29. The fourth-order valence-corrected chi connectivity index (χ4v) is 2.33. The molecule has 3 rings (SSSR count). The zero-order chi connectivity index (χ0) is 12.0. The Kier molecular flexibility index (Phi) is 2.04. The van der Waals surface area contributed by atoms with Crippen LogP contribution in [0.3, 0.4) is 0 Å². The SMILES string of the molecule is CN1C(=O)CC(n2ccc3ccccc32)C1=O. The molecular formula is C13H12N2O2. The summed E-state index contributed by atoms with van der Waals surface area (Å²) in [6.45, 7) is 0. The van der Waals surface area contributed by atoms with Crippen molar-refractivity contribution in [3.8, 4) is 0 Å². The Balaban J connectivity index is 2.11. The monoisotopic (exact) mass is 228 g/mol. The third-order valence-electron chi connectivity index (χ3n) is 3.32. The van der Waals surface area contributed by atoms with Gasteiger partial charge in [0, 0.05) is 18.8 Å².